The molecule has 170 valence electrons. The molecule has 1 aromatic carbocycles. The third-order valence-electron chi connectivity index (χ3n) is 5.42. The third kappa shape index (κ3) is 6.74. The van der Waals surface area contributed by atoms with Gasteiger partial charge in [0, 0.05) is 5.54 Å². The number of halogens is 1. The van der Waals surface area contributed by atoms with Crippen molar-refractivity contribution in [2.24, 2.45) is 5.92 Å². The van der Waals surface area contributed by atoms with Gasteiger partial charge >= 0.3 is 5.97 Å². The molecule has 5 nitrogen and oxygen atoms in total. The van der Waals surface area contributed by atoms with Gasteiger partial charge in [-0.15, -0.1) is 6.42 Å². The lowest BCUT2D eigenvalue weighted by Crippen LogP contribution is -2.10. The maximum Gasteiger partial charge on any atom is 0.322 e. The number of aromatic amines is 1. The van der Waals surface area contributed by atoms with Gasteiger partial charge in [0.1, 0.15) is 11.7 Å². The number of carboxylic acid groups (broad SMARTS) is 1. The van der Waals surface area contributed by atoms with E-state index in [1.165, 1.54) is 36.4 Å². The highest BCUT2D eigenvalue weighted by Gasteiger charge is 2.19. The van der Waals surface area contributed by atoms with Crippen LogP contribution in [0.25, 0.3) is 18.2 Å². The van der Waals surface area contributed by atoms with E-state index in [-0.39, 0.29) is 6.01 Å². The number of rotatable bonds is 10. The molecule has 1 saturated carbocycles. The molecule has 6 heteroatoms. The lowest BCUT2D eigenvalue weighted by atomic mass is 9.80. The number of allylic oxidation sites excluding steroid dienone is 2. The molecular weight excluding hydrogens is 436 g/mol. The van der Waals surface area contributed by atoms with Crippen LogP contribution in [0.4, 0.5) is 0 Å². The van der Waals surface area contributed by atoms with Gasteiger partial charge in [-0.2, -0.15) is 4.98 Å². The van der Waals surface area contributed by atoms with E-state index in [1.807, 2.05) is 25.2 Å². The van der Waals surface area contributed by atoms with Crippen LogP contribution in [0.1, 0.15) is 61.0 Å². The van der Waals surface area contributed by atoms with Crippen LogP contribution in [0.15, 0.2) is 53.8 Å². The minimum atomic E-state index is -1.12. The topological polar surface area (TPSA) is 75.2 Å². The first-order valence-electron chi connectivity index (χ1n) is 10.9. The average Bonchev–Trinajstić information content (AvgIpc) is 3.15. The molecule has 1 atom stereocenters. The molecule has 2 N–H and O–H groups in total. The number of terminal acetylenes is 1. The largest absolute Gasteiger partial charge is 0.480 e. The number of nitrogens with zero attached hydrogens (tertiary/aromatic N) is 1. The van der Waals surface area contributed by atoms with E-state index >= 15 is 0 Å². The van der Waals surface area contributed by atoms with Crippen LogP contribution in [0.2, 0.25) is 0 Å². The summed E-state index contributed by atoms with van der Waals surface area (Å²) in [5.74, 6) is 0.987. The molecular formula is C27H27ClN2O3. The number of benzene rings is 1. The summed E-state index contributed by atoms with van der Waals surface area (Å²) < 4.78 is 5.82. The highest BCUT2D eigenvalue weighted by Crippen LogP contribution is 2.36. The van der Waals surface area contributed by atoms with Crippen LogP contribution in [-0.2, 0) is 4.79 Å². The highest BCUT2D eigenvalue weighted by molar-refractivity contribution is 6.27. The van der Waals surface area contributed by atoms with Gasteiger partial charge in [0.2, 0.25) is 0 Å². The van der Waals surface area contributed by atoms with E-state index in [2.05, 4.69) is 40.2 Å². The fourth-order valence-corrected chi connectivity index (χ4v) is 3.49. The molecule has 0 spiro atoms. The molecule has 1 unspecified atom stereocenters. The van der Waals surface area contributed by atoms with Gasteiger partial charge in [-0.3, -0.25) is 4.79 Å². The fraction of sp³-hybridized carbons (Fsp3) is 0.259. The standard InChI is InChI=1S/C27H27ClN2O3/c1-3-5-9-23(18-20(4-2)26(31)32)33-27-29-24(25(30-27)16-17-28)15-12-19-10-13-22(14-11-19)21-7-6-8-21/h2,5,9-18,20-21H,3,6-8H2,1H3,(H,29,30)(H,31,32)/b9-5-,15-12+,17-16+,23-18+. The summed E-state index contributed by atoms with van der Waals surface area (Å²) in [4.78, 5) is 18.9. The van der Waals surface area contributed by atoms with Crippen LogP contribution < -0.4 is 4.74 Å². The van der Waals surface area contributed by atoms with Crippen LogP contribution in [-0.4, -0.2) is 21.0 Å². The van der Waals surface area contributed by atoms with Crippen LogP contribution in [0, 0.1) is 18.3 Å². The number of carboxylic acids is 1. The number of H-pyrrole nitrogens is 1. The number of ether oxygens (including phenoxy) is 1. The van der Waals surface area contributed by atoms with Crippen molar-refractivity contribution >= 4 is 35.8 Å². The van der Waals surface area contributed by atoms with Crippen LogP contribution in [0.5, 0.6) is 6.01 Å². The Morgan fingerprint density at radius 3 is 2.67 bits per heavy atom. The Morgan fingerprint density at radius 1 is 1.33 bits per heavy atom. The third-order valence-corrected chi connectivity index (χ3v) is 5.55. The zero-order valence-corrected chi connectivity index (χ0v) is 19.3. The Hall–Kier alpha value is -3.49. The Labute approximate surface area is 199 Å². The van der Waals surface area contributed by atoms with E-state index in [1.54, 1.807) is 12.2 Å². The van der Waals surface area contributed by atoms with Crippen molar-refractivity contribution in [3.63, 3.8) is 0 Å². The van der Waals surface area contributed by atoms with Crippen molar-refractivity contribution in [3.05, 3.63) is 76.3 Å². The molecule has 1 aliphatic rings. The summed E-state index contributed by atoms with van der Waals surface area (Å²) in [6.07, 6.45) is 20.4. The minimum absolute atomic E-state index is 0.202. The average molecular weight is 463 g/mol. The smallest absolute Gasteiger partial charge is 0.322 e. The second-order valence-electron chi connectivity index (χ2n) is 7.73. The van der Waals surface area contributed by atoms with Gasteiger partial charge in [0.25, 0.3) is 6.01 Å². The van der Waals surface area contributed by atoms with Gasteiger partial charge in [-0.05, 0) is 60.6 Å². The Kier molecular flexibility index (Phi) is 8.74. The zero-order chi connectivity index (χ0) is 23.6. The summed E-state index contributed by atoms with van der Waals surface area (Å²) in [6, 6.07) is 8.78. The monoisotopic (exact) mass is 462 g/mol. The normalized spacial score (nSPS) is 15.7. The highest BCUT2D eigenvalue weighted by atomic mass is 35.5. The predicted octanol–water partition coefficient (Wildman–Crippen LogP) is 6.62. The quantitative estimate of drug-likeness (QED) is 0.236. The van der Waals surface area contributed by atoms with Crippen molar-refractivity contribution in [1.82, 2.24) is 9.97 Å². The van der Waals surface area contributed by atoms with Crippen LogP contribution in [0.3, 0.4) is 0 Å². The Balaban J connectivity index is 1.82. The number of imidazole rings is 1. The first-order valence-corrected chi connectivity index (χ1v) is 11.4. The number of nitrogens with one attached hydrogen (secondary N) is 1. The molecule has 1 heterocycles. The van der Waals surface area contributed by atoms with Gasteiger partial charge in [0.15, 0.2) is 0 Å². The summed E-state index contributed by atoms with van der Waals surface area (Å²) >= 11 is 5.79. The number of carbonyl (C=O) groups is 1. The SMILES string of the molecule is C#CC(/C=C(\C=C/CC)Oc1nc(/C=C/c2ccc(C3CCC3)cc2)c(/C=C/Cl)[nH]1)C(=O)O. The first kappa shape index (κ1) is 24.2. The number of aromatic nitrogens is 2. The van der Waals surface area contributed by atoms with E-state index in [0.29, 0.717) is 23.1 Å². The first-order chi connectivity index (χ1) is 16.0. The summed E-state index contributed by atoms with van der Waals surface area (Å²) in [6.45, 7) is 1.96. The van der Waals surface area contributed by atoms with Crippen LogP contribution >= 0.6 is 11.6 Å². The maximum atomic E-state index is 11.3. The van der Waals surface area contributed by atoms with E-state index < -0.39 is 11.9 Å². The molecule has 0 amide bonds. The predicted molar refractivity (Wildman–Crippen MR) is 134 cm³/mol. The Bertz CT molecular complexity index is 1110. The van der Waals surface area contributed by atoms with Crippen molar-refractivity contribution < 1.29 is 14.6 Å². The summed E-state index contributed by atoms with van der Waals surface area (Å²) in [5.41, 5.74) is 5.14. The summed E-state index contributed by atoms with van der Waals surface area (Å²) in [5, 5.41) is 9.25. The molecule has 1 aliphatic carbocycles. The van der Waals surface area contributed by atoms with Crippen molar-refractivity contribution in [1.29, 1.82) is 0 Å². The molecule has 33 heavy (non-hydrogen) atoms. The molecule has 0 aliphatic heterocycles. The van der Waals surface area contributed by atoms with Gasteiger partial charge < -0.3 is 14.8 Å². The van der Waals surface area contributed by atoms with Crippen molar-refractivity contribution in [2.75, 3.05) is 0 Å². The molecule has 0 bridgehead atoms. The van der Waals surface area contributed by atoms with Gasteiger partial charge in [-0.1, -0.05) is 67.3 Å². The Morgan fingerprint density at radius 2 is 2.09 bits per heavy atom. The van der Waals surface area contributed by atoms with E-state index in [9.17, 15) is 9.90 Å². The molecule has 1 fully saturated rings. The second kappa shape index (κ2) is 11.9. The molecule has 2 aromatic rings. The fourth-order valence-electron chi connectivity index (χ4n) is 3.36. The zero-order valence-electron chi connectivity index (χ0n) is 18.5. The lowest BCUT2D eigenvalue weighted by molar-refractivity contribution is -0.138. The number of hydrogen-bond donors (Lipinski definition) is 2. The number of aliphatic carboxylic acids is 1. The number of hydrogen-bond acceptors (Lipinski definition) is 3. The van der Waals surface area contributed by atoms with E-state index in [0.717, 1.165) is 12.0 Å². The lowest BCUT2D eigenvalue weighted by Gasteiger charge is -2.25. The van der Waals surface area contributed by atoms with Crippen molar-refractivity contribution in [2.45, 2.75) is 38.5 Å². The molecule has 1 aromatic heterocycles. The minimum Gasteiger partial charge on any atom is -0.480 e. The molecule has 0 radical (unpaired) electrons. The van der Waals surface area contributed by atoms with Gasteiger partial charge in [0.05, 0.1) is 11.4 Å². The van der Waals surface area contributed by atoms with E-state index in [4.69, 9.17) is 22.8 Å². The van der Waals surface area contributed by atoms with Crippen molar-refractivity contribution in [3.8, 4) is 18.4 Å². The molecule has 0 saturated heterocycles. The molecule has 3 rings (SSSR count). The summed E-state index contributed by atoms with van der Waals surface area (Å²) in [7, 11) is 0. The second-order valence-corrected chi connectivity index (χ2v) is 7.98. The maximum absolute atomic E-state index is 11.3. The van der Waals surface area contributed by atoms with Gasteiger partial charge in [-0.25, -0.2) is 0 Å².